The molecule has 126 valence electrons. The van der Waals surface area contributed by atoms with E-state index >= 15 is 0 Å². The van der Waals surface area contributed by atoms with Gasteiger partial charge in [-0.2, -0.15) is 0 Å². The molecule has 0 aliphatic carbocycles. The maximum Gasteiger partial charge on any atom is 0.275 e. The molecule has 4 N–H and O–H groups in total. The van der Waals surface area contributed by atoms with Gasteiger partial charge in [-0.15, -0.1) is 11.3 Å². The first-order valence-electron chi connectivity index (χ1n) is 7.00. The number of thiocarbonyl (C=S) groups is 1. The van der Waals surface area contributed by atoms with Crippen molar-refractivity contribution in [1.82, 2.24) is 10.0 Å². The maximum atomic E-state index is 12.2. The Bertz CT molecular complexity index is 614. The van der Waals surface area contributed by atoms with Gasteiger partial charge in [0.15, 0.2) is 9.32 Å². The summed E-state index contributed by atoms with van der Waals surface area (Å²) in [5.74, 6) is 0.657. The Morgan fingerprint density at radius 1 is 1.41 bits per heavy atom. The van der Waals surface area contributed by atoms with Gasteiger partial charge in [-0.3, -0.25) is 4.72 Å². The zero-order valence-corrected chi connectivity index (χ0v) is 16.1. The van der Waals surface area contributed by atoms with Crippen LogP contribution in [0.4, 0.5) is 5.69 Å². The van der Waals surface area contributed by atoms with Crippen LogP contribution in [0.15, 0.2) is 10.3 Å². The minimum Gasteiger partial charge on any atom is -0.397 e. The third-order valence-electron chi connectivity index (χ3n) is 2.96. The van der Waals surface area contributed by atoms with E-state index in [9.17, 15) is 8.42 Å². The standard InChI is InChI=1S/C13H22ClN3O2S3/c1-8(2)5-4-6-9(3)16-13(20)17-22(18,19)12-10(15)7-11(14)21-12/h7-9H,4-6,15H2,1-3H3,(H2,16,17,20). The van der Waals surface area contributed by atoms with Gasteiger partial charge in [0.1, 0.15) is 0 Å². The number of sulfonamides is 1. The molecule has 0 spiro atoms. The molecule has 0 aromatic carbocycles. The number of hydrogen-bond acceptors (Lipinski definition) is 5. The topological polar surface area (TPSA) is 84.2 Å². The number of anilines is 1. The van der Waals surface area contributed by atoms with E-state index in [4.69, 9.17) is 29.6 Å². The number of nitrogen functional groups attached to an aromatic ring is 1. The molecule has 1 unspecified atom stereocenters. The first-order chi connectivity index (χ1) is 10.1. The Balaban J connectivity index is 2.55. The predicted octanol–water partition coefficient (Wildman–Crippen LogP) is 3.35. The van der Waals surface area contributed by atoms with Gasteiger partial charge in [0.25, 0.3) is 10.0 Å². The summed E-state index contributed by atoms with van der Waals surface area (Å²) in [5, 5.41) is 3.05. The lowest BCUT2D eigenvalue weighted by Gasteiger charge is -2.17. The van der Waals surface area contributed by atoms with Gasteiger partial charge in [-0.1, -0.05) is 38.3 Å². The number of nitrogens with two attached hydrogens (primary N) is 1. The van der Waals surface area contributed by atoms with Crippen LogP contribution in [-0.4, -0.2) is 19.6 Å². The molecule has 5 nitrogen and oxygen atoms in total. The lowest BCUT2D eigenvalue weighted by Crippen LogP contribution is -2.43. The van der Waals surface area contributed by atoms with Crippen LogP contribution in [0.25, 0.3) is 0 Å². The fourth-order valence-electron chi connectivity index (χ4n) is 1.89. The molecule has 22 heavy (non-hydrogen) atoms. The fraction of sp³-hybridized carbons (Fsp3) is 0.615. The summed E-state index contributed by atoms with van der Waals surface area (Å²) in [5.41, 5.74) is 5.76. The molecular weight excluding hydrogens is 362 g/mol. The summed E-state index contributed by atoms with van der Waals surface area (Å²) in [6.45, 7) is 6.32. The molecule has 0 amide bonds. The van der Waals surface area contributed by atoms with Crippen LogP contribution in [0.5, 0.6) is 0 Å². The molecule has 0 aliphatic heterocycles. The Hall–Kier alpha value is -0.570. The van der Waals surface area contributed by atoms with E-state index in [-0.39, 0.29) is 21.1 Å². The maximum absolute atomic E-state index is 12.2. The van der Waals surface area contributed by atoms with Crippen molar-refractivity contribution < 1.29 is 8.42 Å². The van der Waals surface area contributed by atoms with E-state index in [1.54, 1.807) is 0 Å². The molecule has 1 atom stereocenters. The van der Waals surface area contributed by atoms with Crippen LogP contribution in [-0.2, 0) is 10.0 Å². The van der Waals surface area contributed by atoms with Gasteiger partial charge in [-0.05, 0) is 37.5 Å². The molecule has 1 heterocycles. The van der Waals surface area contributed by atoms with Crippen LogP contribution >= 0.6 is 35.2 Å². The minimum atomic E-state index is -3.79. The summed E-state index contributed by atoms with van der Waals surface area (Å²) in [6, 6.07) is 1.50. The summed E-state index contributed by atoms with van der Waals surface area (Å²) >= 11 is 11.7. The van der Waals surface area contributed by atoms with E-state index in [2.05, 4.69) is 23.9 Å². The molecule has 0 fully saturated rings. The summed E-state index contributed by atoms with van der Waals surface area (Å²) < 4.78 is 27.0. The average Bonchev–Trinajstić information content (AvgIpc) is 2.67. The predicted molar refractivity (Wildman–Crippen MR) is 97.9 cm³/mol. The largest absolute Gasteiger partial charge is 0.397 e. The second-order valence-electron chi connectivity index (χ2n) is 5.60. The lowest BCUT2D eigenvalue weighted by molar-refractivity contribution is 0.494. The molecule has 0 saturated carbocycles. The highest BCUT2D eigenvalue weighted by Gasteiger charge is 2.22. The number of hydrogen-bond donors (Lipinski definition) is 3. The van der Waals surface area contributed by atoms with Gasteiger partial charge in [0.2, 0.25) is 0 Å². The number of halogens is 1. The Morgan fingerprint density at radius 2 is 2.05 bits per heavy atom. The van der Waals surface area contributed by atoms with E-state index in [1.165, 1.54) is 6.07 Å². The van der Waals surface area contributed by atoms with Crippen LogP contribution in [0.2, 0.25) is 4.34 Å². The van der Waals surface area contributed by atoms with E-state index in [1.807, 2.05) is 6.92 Å². The Morgan fingerprint density at radius 3 is 2.55 bits per heavy atom. The molecule has 1 rings (SSSR count). The van der Waals surface area contributed by atoms with Gasteiger partial charge in [0, 0.05) is 6.04 Å². The number of thiophene rings is 1. The van der Waals surface area contributed by atoms with Crippen molar-refractivity contribution in [2.24, 2.45) is 5.92 Å². The first-order valence-corrected chi connectivity index (χ1v) is 10.1. The normalized spacial score (nSPS) is 13.1. The quantitative estimate of drug-likeness (QED) is 0.629. The van der Waals surface area contributed by atoms with Gasteiger partial charge in [-0.25, -0.2) is 8.42 Å². The van der Waals surface area contributed by atoms with Crippen molar-refractivity contribution in [1.29, 1.82) is 0 Å². The highest BCUT2D eigenvalue weighted by Crippen LogP contribution is 2.32. The molecular formula is C13H22ClN3O2S3. The summed E-state index contributed by atoms with van der Waals surface area (Å²) in [6.07, 6.45) is 3.12. The molecule has 9 heteroatoms. The molecule has 0 aliphatic rings. The molecule has 0 bridgehead atoms. The van der Waals surface area contributed by atoms with E-state index in [0.717, 1.165) is 30.6 Å². The smallest absolute Gasteiger partial charge is 0.275 e. The third kappa shape index (κ3) is 6.28. The van der Waals surface area contributed by atoms with Crippen LogP contribution in [0.1, 0.15) is 40.0 Å². The fourth-order valence-corrected chi connectivity index (χ4v) is 5.05. The second-order valence-corrected chi connectivity index (χ2v) is 9.57. The molecule has 0 saturated heterocycles. The van der Waals surface area contributed by atoms with Gasteiger partial charge in [0.05, 0.1) is 10.0 Å². The van der Waals surface area contributed by atoms with Gasteiger partial charge < -0.3 is 11.1 Å². The van der Waals surface area contributed by atoms with Crippen molar-refractivity contribution in [3.63, 3.8) is 0 Å². The van der Waals surface area contributed by atoms with Crippen molar-refractivity contribution in [2.75, 3.05) is 5.73 Å². The van der Waals surface area contributed by atoms with E-state index < -0.39 is 10.0 Å². The van der Waals surface area contributed by atoms with E-state index in [0.29, 0.717) is 10.3 Å². The second kappa shape index (κ2) is 8.33. The Kier molecular flexibility index (Phi) is 7.37. The average molecular weight is 384 g/mol. The number of rotatable bonds is 7. The van der Waals surface area contributed by atoms with Crippen molar-refractivity contribution >= 4 is 56.0 Å². The van der Waals surface area contributed by atoms with Crippen molar-refractivity contribution in [3.8, 4) is 0 Å². The van der Waals surface area contributed by atoms with Crippen LogP contribution < -0.4 is 15.8 Å². The molecule has 1 aromatic rings. The monoisotopic (exact) mass is 383 g/mol. The zero-order valence-electron chi connectivity index (χ0n) is 12.8. The van der Waals surface area contributed by atoms with Crippen molar-refractivity contribution in [3.05, 3.63) is 10.4 Å². The van der Waals surface area contributed by atoms with Crippen LogP contribution in [0.3, 0.4) is 0 Å². The van der Waals surface area contributed by atoms with Gasteiger partial charge >= 0.3 is 0 Å². The SMILES string of the molecule is CC(C)CCCC(C)NC(=S)NS(=O)(=O)c1sc(Cl)cc1N. The Labute approximate surface area is 146 Å². The third-order valence-corrected chi connectivity index (χ3v) is 6.49. The molecule has 0 radical (unpaired) electrons. The highest BCUT2D eigenvalue weighted by molar-refractivity contribution is 7.93. The highest BCUT2D eigenvalue weighted by atomic mass is 35.5. The molecule has 1 aromatic heterocycles. The van der Waals surface area contributed by atoms with Crippen molar-refractivity contribution in [2.45, 2.75) is 50.3 Å². The lowest BCUT2D eigenvalue weighted by atomic mass is 10.0. The summed E-state index contributed by atoms with van der Waals surface area (Å²) in [4.78, 5) is 0. The minimum absolute atomic E-state index is 0.0193. The van der Waals surface area contributed by atoms with Crippen LogP contribution in [0, 0.1) is 5.92 Å². The number of nitrogens with one attached hydrogen (secondary N) is 2. The first kappa shape index (κ1) is 19.5. The summed E-state index contributed by atoms with van der Waals surface area (Å²) in [7, 11) is -3.79. The zero-order chi connectivity index (χ0) is 16.9.